The lowest BCUT2D eigenvalue weighted by Crippen LogP contribution is -2.24. The summed E-state index contributed by atoms with van der Waals surface area (Å²) in [5.41, 5.74) is 4.45. The maximum Gasteiger partial charge on any atom is 0.236 e. The summed E-state index contributed by atoms with van der Waals surface area (Å²) in [7, 11) is 0. The van der Waals surface area contributed by atoms with Gasteiger partial charge in [0.1, 0.15) is 5.82 Å². The zero-order chi connectivity index (χ0) is 27.3. The van der Waals surface area contributed by atoms with Gasteiger partial charge >= 0.3 is 0 Å². The summed E-state index contributed by atoms with van der Waals surface area (Å²) in [6.45, 7) is 8.23. The largest absolute Gasteiger partial charge is 0.477 e. The summed E-state index contributed by atoms with van der Waals surface area (Å²) in [5.74, 6) is 4.78. The molecule has 0 unspecified atom stereocenters. The monoisotopic (exact) mass is 541 g/mol. The second kappa shape index (κ2) is 11.9. The van der Waals surface area contributed by atoms with Crippen LogP contribution >= 0.6 is 0 Å². The van der Waals surface area contributed by atoms with Crippen LogP contribution in [0.15, 0.2) is 66.7 Å². The molecule has 0 bridgehead atoms. The van der Waals surface area contributed by atoms with Gasteiger partial charge in [-0.1, -0.05) is 55.8 Å². The molecule has 0 saturated carbocycles. The van der Waals surface area contributed by atoms with E-state index < -0.39 is 0 Å². The third-order valence-corrected chi connectivity index (χ3v) is 7.14. The van der Waals surface area contributed by atoms with Crippen molar-refractivity contribution in [3.05, 3.63) is 83.6 Å². The van der Waals surface area contributed by atoms with Crippen molar-refractivity contribution in [1.82, 2.24) is 14.5 Å². The lowest BCUT2D eigenvalue weighted by atomic mass is 10.1. The lowest BCUT2D eigenvalue weighted by Gasteiger charge is -2.24. The second-order valence-corrected chi connectivity index (χ2v) is 10.0. The number of benzene rings is 3. The van der Waals surface area contributed by atoms with Crippen molar-refractivity contribution in [3.63, 3.8) is 0 Å². The molecule has 0 fully saturated rings. The van der Waals surface area contributed by atoms with Crippen LogP contribution in [0.1, 0.15) is 43.5 Å². The Morgan fingerprint density at radius 1 is 0.775 bits per heavy atom. The number of hydrogen-bond donors (Lipinski definition) is 0. The predicted octanol–water partition coefficient (Wildman–Crippen LogP) is 6.41. The molecule has 8 heteroatoms. The fraction of sp³-hybridized carbons (Fsp3) is 0.344. The molecule has 0 amide bonds. The summed E-state index contributed by atoms with van der Waals surface area (Å²) in [4.78, 5) is 7.43. The minimum Gasteiger partial charge on any atom is -0.477 e. The lowest BCUT2D eigenvalue weighted by molar-refractivity contribution is 0.173. The van der Waals surface area contributed by atoms with Crippen molar-refractivity contribution in [2.75, 3.05) is 20.2 Å². The van der Waals surface area contributed by atoms with E-state index in [0.29, 0.717) is 32.1 Å². The number of rotatable bonds is 12. The van der Waals surface area contributed by atoms with Gasteiger partial charge in [-0.05, 0) is 48.7 Å². The molecule has 0 saturated heterocycles. The Labute approximate surface area is 235 Å². The average molecular weight is 542 g/mol. The maximum absolute atomic E-state index is 6.15. The molecule has 40 heavy (non-hydrogen) atoms. The SMILES string of the molecule is CCCCn1c(-c2ccccc2)nc(OCC)c1CN(Cc1ccc2c(c1)OCO2)Cc1ccc2c(c1)OCO2. The Morgan fingerprint density at radius 3 is 2.00 bits per heavy atom. The fourth-order valence-corrected chi connectivity index (χ4v) is 5.21. The van der Waals surface area contributed by atoms with Crippen LogP contribution in [0.2, 0.25) is 0 Å². The molecule has 3 heterocycles. The van der Waals surface area contributed by atoms with Crippen LogP contribution in [0.3, 0.4) is 0 Å². The van der Waals surface area contributed by atoms with Crippen molar-refractivity contribution in [3.8, 4) is 40.3 Å². The highest BCUT2D eigenvalue weighted by atomic mass is 16.7. The summed E-state index contributed by atoms with van der Waals surface area (Å²) in [6, 6.07) is 22.7. The van der Waals surface area contributed by atoms with E-state index in [-0.39, 0.29) is 13.6 Å². The summed E-state index contributed by atoms with van der Waals surface area (Å²) in [6.07, 6.45) is 2.15. The second-order valence-electron chi connectivity index (χ2n) is 10.0. The molecule has 0 spiro atoms. The first kappa shape index (κ1) is 26.1. The Kier molecular flexibility index (Phi) is 7.77. The molecule has 0 aliphatic carbocycles. The van der Waals surface area contributed by atoms with Gasteiger partial charge in [-0.15, -0.1) is 0 Å². The summed E-state index contributed by atoms with van der Waals surface area (Å²) < 4.78 is 30.9. The number of imidazole rings is 1. The van der Waals surface area contributed by atoms with Gasteiger partial charge in [0.25, 0.3) is 0 Å². The highest BCUT2D eigenvalue weighted by molar-refractivity contribution is 5.58. The van der Waals surface area contributed by atoms with E-state index in [2.05, 4.69) is 64.9 Å². The first-order valence-electron chi connectivity index (χ1n) is 14.0. The zero-order valence-electron chi connectivity index (χ0n) is 23.1. The highest BCUT2D eigenvalue weighted by Crippen LogP contribution is 2.36. The van der Waals surface area contributed by atoms with Crippen LogP contribution in [-0.4, -0.2) is 34.6 Å². The highest BCUT2D eigenvalue weighted by Gasteiger charge is 2.23. The van der Waals surface area contributed by atoms with E-state index in [1.807, 2.05) is 25.1 Å². The molecule has 1 aromatic heterocycles. The Morgan fingerprint density at radius 2 is 1.40 bits per heavy atom. The van der Waals surface area contributed by atoms with E-state index >= 15 is 0 Å². The van der Waals surface area contributed by atoms with Crippen LogP contribution in [0, 0.1) is 0 Å². The maximum atomic E-state index is 6.15. The molecule has 6 rings (SSSR count). The number of unbranched alkanes of at least 4 members (excludes halogenated alkanes) is 1. The number of hydrogen-bond acceptors (Lipinski definition) is 7. The molecule has 2 aliphatic heterocycles. The summed E-state index contributed by atoms with van der Waals surface area (Å²) >= 11 is 0. The fourth-order valence-electron chi connectivity index (χ4n) is 5.21. The van der Waals surface area contributed by atoms with Crippen molar-refractivity contribution in [1.29, 1.82) is 0 Å². The number of ether oxygens (including phenoxy) is 5. The molecule has 0 atom stereocenters. The van der Waals surface area contributed by atoms with Crippen LogP contribution < -0.4 is 23.7 Å². The average Bonchev–Trinajstić information content (AvgIpc) is 3.71. The first-order chi connectivity index (χ1) is 19.7. The van der Waals surface area contributed by atoms with Gasteiger partial charge in [0.05, 0.1) is 12.3 Å². The normalized spacial score (nSPS) is 13.3. The van der Waals surface area contributed by atoms with E-state index in [0.717, 1.165) is 70.6 Å². The van der Waals surface area contributed by atoms with Crippen LogP contribution in [0.5, 0.6) is 28.9 Å². The molecule has 0 radical (unpaired) electrons. The predicted molar refractivity (Wildman–Crippen MR) is 152 cm³/mol. The van der Waals surface area contributed by atoms with Crippen LogP contribution in [0.4, 0.5) is 0 Å². The Balaban J connectivity index is 1.37. The standard InChI is InChI=1S/C32H35N3O5/c1-3-5-15-35-26(32(36-4-2)33-31(35)25-9-7-6-8-10-25)20-34(18-23-11-13-27-29(16-23)39-21-37-27)19-24-12-14-28-30(17-24)40-22-38-28/h6-14,16-17H,3-5,15,18-22H2,1-2H3. The summed E-state index contributed by atoms with van der Waals surface area (Å²) in [5, 5.41) is 0. The third-order valence-electron chi connectivity index (χ3n) is 7.14. The number of fused-ring (bicyclic) bond motifs is 2. The molecule has 4 aromatic rings. The number of nitrogens with zero attached hydrogens (tertiary/aromatic N) is 3. The molecule has 2 aliphatic rings. The molecular weight excluding hydrogens is 506 g/mol. The van der Waals surface area contributed by atoms with Gasteiger partial charge in [0.2, 0.25) is 19.5 Å². The van der Waals surface area contributed by atoms with Crippen molar-refractivity contribution in [2.45, 2.75) is 52.9 Å². The van der Waals surface area contributed by atoms with Gasteiger partial charge in [-0.2, -0.15) is 4.98 Å². The van der Waals surface area contributed by atoms with Crippen LogP contribution in [-0.2, 0) is 26.2 Å². The molecule has 8 nitrogen and oxygen atoms in total. The molecule has 0 N–H and O–H groups in total. The van der Waals surface area contributed by atoms with Crippen molar-refractivity contribution in [2.24, 2.45) is 0 Å². The number of aromatic nitrogens is 2. The van der Waals surface area contributed by atoms with E-state index in [9.17, 15) is 0 Å². The van der Waals surface area contributed by atoms with E-state index in [1.54, 1.807) is 0 Å². The van der Waals surface area contributed by atoms with Crippen molar-refractivity contribution >= 4 is 0 Å². The molecule has 3 aromatic carbocycles. The Hall–Kier alpha value is -4.17. The molecular formula is C32H35N3O5. The van der Waals surface area contributed by atoms with Gasteiger partial charge in [-0.25, -0.2) is 0 Å². The van der Waals surface area contributed by atoms with Gasteiger partial charge in [-0.3, -0.25) is 4.90 Å². The van der Waals surface area contributed by atoms with Gasteiger partial charge in [0.15, 0.2) is 23.0 Å². The van der Waals surface area contributed by atoms with E-state index in [1.165, 1.54) is 0 Å². The smallest absolute Gasteiger partial charge is 0.236 e. The van der Waals surface area contributed by atoms with Gasteiger partial charge < -0.3 is 28.3 Å². The van der Waals surface area contributed by atoms with E-state index in [4.69, 9.17) is 28.7 Å². The minimum atomic E-state index is 0.260. The molecule has 208 valence electrons. The Bertz CT molecular complexity index is 1390. The minimum absolute atomic E-state index is 0.260. The first-order valence-corrected chi connectivity index (χ1v) is 14.0. The third kappa shape index (κ3) is 5.58. The topological polar surface area (TPSA) is 67.2 Å². The zero-order valence-corrected chi connectivity index (χ0v) is 23.1. The quantitative estimate of drug-likeness (QED) is 0.205. The van der Waals surface area contributed by atoms with Crippen molar-refractivity contribution < 1.29 is 23.7 Å². The van der Waals surface area contributed by atoms with Gasteiger partial charge in [0, 0.05) is 31.7 Å². The van der Waals surface area contributed by atoms with Crippen LogP contribution in [0.25, 0.3) is 11.4 Å².